The Bertz CT molecular complexity index is 454. The van der Waals surface area contributed by atoms with Gasteiger partial charge < -0.3 is 19.8 Å². The van der Waals surface area contributed by atoms with Crippen LogP contribution in [0, 0.1) is 5.41 Å². The maximum Gasteiger partial charge on any atom is 0.0900 e. The van der Waals surface area contributed by atoms with Gasteiger partial charge in [0, 0.05) is 30.1 Å². The second-order valence-corrected chi connectivity index (χ2v) is 7.04. The Balaban J connectivity index is 1.69. The second kappa shape index (κ2) is 8.27. The van der Waals surface area contributed by atoms with Crippen LogP contribution in [0.15, 0.2) is 24.3 Å². The fourth-order valence-electron chi connectivity index (χ4n) is 2.96. The van der Waals surface area contributed by atoms with Crippen LogP contribution in [0.1, 0.15) is 25.3 Å². The molecule has 4 nitrogen and oxygen atoms in total. The highest BCUT2D eigenvalue weighted by Gasteiger charge is 2.30. The molecular weight excluding hydrogens is 302 g/mol. The molecule has 2 N–H and O–H groups in total. The number of β-amino-alcohol motifs (C(OH)–C–C–N with tert-alkyl or cyclic N) is 1. The molecule has 1 aromatic carbocycles. The number of halogens is 1. The van der Waals surface area contributed by atoms with Gasteiger partial charge in [-0.2, -0.15) is 0 Å². The van der Waals surface area contributed by atoms with Gasteiger partial charge in [0.05, 0.1) is 19.3 Å². The van der Waals surface area contributed by atoms with Gasteiger partial charge in [0.2, 0.25) is 0 Å². The van der Waals surface area contributed by atoms with Crippen LogP contribution in [-0.2, 0) is 11.3 Å². The fourth-order valence-corrected chi connectivity index (χ4v) is 3.08. The molecule has 0 aliphatic carbocycles. The zero-order chi connectivity index (χ0) is 16.0. The molecule has 1 heterocycles. The van der Waals surface area contributed by atoms with Crippen molar-refractivity contribution in [3.05, 3.63) is 34.9 Å². The smallest absolute Gasteiger partial charge is 0.0900 e. The first kappa shape index (κ1) is 17.7. The number of piperidine rings is 1. The predicted octanol–water partition coefficient (Wildman–Crippen LogP) is 2.31. The second-order valence-electron chi connectivity index (χ2n) is 6.60. The number of benzene rings is 1. The van der Waals surface area contributed by atoms with Crippen LogP contribution in [0.5, 0.6) is 0 Å². The molecule has 1 aliphatic rings. The predicted molar refractivity (Wildman–Crippen MR) is 88.0 cm³/mol. The Morgan fingerprint density at radius 1 is 1.36 bits per heavy atom. The quantitative estimate of drug-likeness (QED) is 0.807. The maximum atomic E-state index is 10.1. The van der Waals surface area contributed by atoms with E-state index in [1.807, 2.05) is 24.3 Å². The molecule has 5 heteroatoms. The van der Waals surface area contributed by atoms with Gasteiger partial charge in [0.15, 0.2) is 0 Å². The van der Waals surface area contributed by atoms with Gasteiger partial charge in [-0.25, -0.2) is 0 Å². The molecule has 2 rings (SSSR count). The minimum atomic E-state index is -0.506. The van der Waals surface area contributed by atoms with Crippen molar-refractivity contribution in [3.63, 3.8) is 0 Å². The lowest BCUT2D eigenvalue weighted by atomic mass is 9.83. The van der Waals surface area contributed by atoms with E-state index in [1.165, 1.54) is 0 Å². The summed E-state index contributed by atoms with van der Waals surface area (Å²) in [5.41, 5.74) is 1.00. The molecule has 124 valence electrons. The number of ether oxygens (including phenoxy) is 1. The highest BCUT2D eigenvalue weighted by atomic mass is 35.5. The minimum absolute atomic E-state index is 0.0395. The lowest BCUT2D eigenvalue weighted by Gasteiger charge is -2.40. The van der Waals surface area contributed by atoms with E-state index in [0.29, 0.717) is 24.8 Å². The zero-order valence-electron chi connectivity index (χ0n) is 13.2. The first-order valence-corrected chi connectivity index (χ1v) is 8.22. The van der Waals surface area contributed by atoms with Gasteiger partial charge in [0.25, 0.3) is 0 Å². The summed E-state index contributed by atoms with van der Waals surface area (Å²) in [6.07, 6.45) is 1.60. The highest BCUT2D eigenvalue weighted by Crippen LogP contribution is 2.28. The molecule has 1 saturated heterocycles. The van der Waals surface area contributed by atoms with Crippen molar-refractivity contribution in [1.82, 2.24) is 4.90 Å². The number of likely N-dealkylation sites (tertiary alicyclic amines) is 1. The molecule has 0 radical (unpaired) electrons. The van der Waals surface area contributed by atoms with Crippen molar-refractivity contribution in [2.24, 2.45) is 5.41 Å². The van der Waals surface area contributed by atoms with E-state index in [9.17, 15) is 10.2 Å². The number of aliphatic hydroxyl groups is 2. The van der Waals surface area contributed by atoms with Crippen LogP contribution in [0.25, 0.3) is 0 Å². The SMILES string of the molecule is CC1(CO)CCCN(CC(O)COCc2ccc(Cl)cc2)C1. The molecule has 0 spiro atoms. The zero-order valence-corrected chi connectivity index (χ0v) is 13.9. The molecule has 2 atom stereocenters. The van der Waals surface area contributed by atoms with Crippen LogP contribution in [0.2, 0.25) is 5.02 Å². The Hall–Kier alpha value is -0.650. The Morgan fingerprint density at radius 2 is 2.09 bits per heavy atom. The van der Waals surface area contributed by atoms with Crippen molar-refractivity contribution in [2.75, 3.05) is 32.8 Å². The van der Waals surface area contributed by atoms with Gasteiger partial charge in [-0.3, -0.25) is 0 Å². The maximum absolute atomic E-state index is 10.1. The van der Waals surface area contributed by atoms with E-state index in [1.54, 1.807) is 0 Å². The molecule has 1 fully saturated rings. The van der Waals surface area contributed by atoms with Crippen molar-refractivity contribution >= 4 is 11.6 Å². The topological polar surface area (TPSA) is 52.9 Å². The van der Waals surface area contributed by atoms with Crippen molar-refractivity contribution in [2.45, 2.75) is 32.5 Å². The third-order valence-electron chi connectivity index (χ3n) is 4.20. The number of rotatable bonds is 7. The summed E-state index contributed by atoms with van der Waals surface area (Å²) in [4.78, 5) is 2.22. The van der Waals surface area contributed by atoms with Gasteiger partial charge in [-0.1, -0.05) is 30.7 Å². The summed E-state index contributed by atoms with van der Waals surface area (Å²) >= 11 is 5.84. The van der Waals surface area contributed by atoms with Crippen LogP contribution in [0.4, 0.5) is 0 Å². The van der Waals surface area contributed by atoms with E-state index in [4.69, 9.17) is 16.3 Å². The molecule has 2 unspecified atom stereocenters. The normalized spacial score (nSPS) is 24.4. The summed E-state index contributed by atoms with van der Waals surface area (Å²) in [5, 5.41) is 20.3. The van der Waals surface area contributed by atoms with Gasteiger partial charge in [0.1, 0.15) is 0 Å². The van der Waals surface area contributed by atoms with Crippen LogP contribution >= 0.6 is 11.6 Å². The number of hydrogen-bond donors (Lipinski definition) is 2. The van der Waals surface area contributed by atoms with Crippen molar-refractivity contribution in [1.29, 1.82) is 0 Å². The van der Waals surface area contributed by atoms with Crippen LogP contribution < -0.4 is 0 Å². The molecule has 0 bridgehead atoms. The number of aliphatic hydroxyl groups excluding tert-OH is 2. The Labute approximate surface area is 137 Å². The summed E-state index contributed by atoms with van der Waals surface area (Å²) in [5.74, 6) is 0. The molecule has 0 saturated carbocycles. The molecule has 1 aliphatic heterocycles. The van der Waals surface area contributed by atoms with E-state index >= 15 is 0 Å². The van der Waals surface area contributed by atoms with Gasteiger partial charge >= 0.3 is 0 Å². The van der Waals surface area contributed by atoms with E-state index in [2.05, 4.69) is 11.8 Å². The Morgan fingerprint density at radius 3 is 2.77 bits per heavy atom. The van der Waals surface area contributed by atoms with Crippen molar-refractivity contribution in [3.8, 4) is 0 Å². The molecule has 0 amide bonds. The van der Waals surface area contributed by atoms with Gasteiger partial charge in [-0.05, 0) is 37.1 Å². The monoisotopic (exact) mass is 327 g/mol. The average molecular weight is 328 g/mol. The number of nitrogens with zero attached hydrogens (tertiary/aromatic N) is 1. The largest absolute Gasteiger partial charge is 0.396 e. The third kappa shape index (κ3) is 5.52. The molecular formula is C17H26ClNO3. The third-order valence-corrected chi connectivity index (χ3v) is 4.45. The highest BCUT2D eigenvalue weighted by molar-refractivity contribution is 6.30. The van der Waals surface area contributed by atoms with E-state index < -0.39 is 6.10 Å². The first-order chi connectivity index (χ1) is 10.5. The van der Waals surface area contributed by atoms with Crippen molar-refractivity contribution < 1.29 is 14.9 Å². The fraction of sp³-hybridized carbons (Fsp3) is 0.647. The lowest BCUT2D eigenvalue weighted by Crippen LogP contribution is -2.47. The van der Waals surface area contributed by atoms with Crippen LogP contribution in [0.3, 0.4) is 0 Å². The van der Waals surface area contributed by atoms with E-state index in [-0.39, 0.29) is 12.0 Å². The van der Waals surface area contributed by atoms with Crippen LogP contribution in [-0.4, -0.2) is 54.1 Å². The van der Waals surface area contributed by atoms with E-state index in [0.717, 1.165) is 31.5 Å². The summed E-state index contributed by atoms with van der Waals surface area (Å²) in [6, 6.07) is 7.51. The standard InChI is InChI=1S/C17H26ClNO3/c1-17(13-20)7-2-8-19(12-17)9-16(21)11-22-10-14-3-5-15(18)6-4-14/h3-6,16,20-21H,2,7-13H2,1H3. The first-order valence-electron chi connectivity index (χ1n) is 7.84. The molecule has 0 aromatic heterocycles. The lowest BCUT2D eigenvalue weighted by molar-refractivity contribution is -0.0147. The molecule has 1 aromatic rings. The Kier molecular flexibility index (Phi) is 6.66. The minimum Gasteiger partial charge on any atom is -0.396 e. The average Bonchev–Trinajstić information content (AvgIpc) is 2.49. The summed E-state index contributed by atoms with van der Waals surface area (Å²) in [6.45, 7) is 5.49. The number of hydrogen-bond acceptors (Lipinski definition) is 4. The van der Waals surface area contributed by atoms with Gasteiger partial charge in [-0.15, -0.1) is 0 Å². The summed E-state index contributed by atoms with van der Waals surface area (Å²) in [7, 11) is 0. The molecule has 22 heavy (non-hydrogen) atoms. The summed E-state index contributed by atoms with van der Waals surface area (Å²) < 4.78 is 5.57.